The van der Waals surface area contributed by atoms with Crippen molar-refractivity contribution in [2.24, 2.45) is 0 Å². The van der Waals surface area contributed by atoms with Gasteiger partial charge in [-0.3, -0.25) is 4.98 Å². The van der Waals surface area contributed by atoms with E-state index in [4.69, 9.17) is 0 Å². The van der Waals surface area contributed by atoms with Crippen LogP contribution in [0.1, 0.15) is 0 Å². The molecule has 1 aromatic heterocycles. The van der Waals surface area contributed by atoms with Crippen LogP contribution in [0, 0.1) is 6.07 Å². The fraction of sp³-hybridized carbons (Fsp3) is 0. The molecule has 2 aromatic carbocycles. The Hall–Kier alpha value is -2.41. The van der Waals surface area contributed by atoms with Crippen molar-refractivity contribution in [2.75, 3.05) is 0 Å². The maximum absolute atomic E-state index is 4.07. The van der Waals surface area contributed by atoms with Crippen LogP contribution in [0.15, 0.2) is 73.1 Å². The van der Waals surface area contributed by atoms with Gasteiger partial charge in [0.2, 0.25) is 0 Å². The van der Waals surface area contributed by atoms with Gasteiger partial charge in [0.25, 0.3) is 0 Å². The molecule has 1 heterocycles. The molecule has 0 N–H and O–H groups in total. The molecule has 1 heteroatoms. The second kappa shape index (κ2) is 4.84. The van der Waals surface area contributed by atoms with Crippen LogP contribution in [-0.2, 0) is 0 Å². The summed E-state index contributed by atoms with van der Waals surface area (Å²) in [5.74, 6) is 0. The minimum absolute atomic E-state index is 1.19. The second-order valence-electron chi connectivity index (χ2n) is 4.07. The summed E-state index contributed by atoms with van der Waals surface area (Å²) in [5.41, 5.74) is 4.86. The zero-order valence-electron chi connectivity index (χ0n) is 9.88. The molecule has 85 valence electrons. The van der Waals surface area contributed by atoms with Gasteiger partial charge in [-0.15, -0.1) is 0 Å². The van der Waals surface area contributed by atoms with Crippen LogP contribution >= 0.6 is 0 Å². The van der Waals surface area contributed by atoms with Gasteiger partial charge < -0.3 is 0 Å². The predicted molar refractivity (Wildman–Crippen MR) is 73.9 cm³/mol. The first-order valence-electron chi connectivity index (χ1n) is 5.91. The summed E-state index contributed by atoms with van der Waals surface area (Å²) in [6.07, 6.45) is 3.65. The zero-order valence-corrected chi connectivity index (χ0v) is 9.88. The minimum atomic E-state index is 1.19. The van der Waals surface area contributed by atoms with E-state index in [0.29, 0.717) is 0 Å². The number of hydrogen-bond donors (Lipinski definition) is 0. The molecule has 0 spiro atoms. The monoisotopic (exact) mass is 230 g/mol. The van der Waals surface area contributed by atoms with Crippen molar-refractivity contribution in [3.8, 4) is 22.3 Å². The van der Waals surface area contributed by atoms with Gasteiger partial charge in [0.15, 0.2) is 0 Å². The Morgan fingerprint density at radius 3 is 1.83 bits per heavy atom. The van der Waals surface area contributed by atoms with Crippen LogP contribution in [-0.4, -0.2) is 4.98 Å². The van der Waals surface area contributed by atoms with Crippen molar-refractivity contribution in [3.05, 3.63) is 79.1 Å². The van der Waals surface area contributed by atoms with Gasteiger partial charge >= 0.3 is 0 Å². The number of aromatic nitrogens is 1. The standard InChI is InChI=1S/C17H12N/c1-2-6-14(7-3-1)16-8-4-5-9-17(16)15-10-12-18-13-11-15/h2-13H. The SMILES string of the molecule is [c]1ccc(-c2ccccc2-c2ccncc2)cc1. The first kappa shape index (κ1) is 10.7. The Morgan fingerprint density at radius 2 is 1.22 bits per heavy atom. The lowest BCUT2D eigenvalue weighted by molar-refractivity contribution is 1.33. The van der Waals surface area contributed by atoms with Crippen LogP contribution in [0.25, 0.3) is 22.3 Å². The molecule has 0 aliphatic carbocycles. The molecule has 0 atom stereocenters. The van der Waals surface area contributed by atoms with Gasteiger partial charge in [0.05, 0.1) is 0 Å². The van der Waals surface area contributed by atoms with Crippen LogP contribution in [0.5, 0.6) is 0 Å². The first-order valence-corrected chi connectivity index (χ1v) is 5.91. The summed E-state index contributed by atoms with van der Waals surface area (Å²) in [6, 6.07) is 23.6. The van der Waals surface area contributed by atoms with E-state index in [2.05, 4.69) is 47.4 Å². The highest BCUT2D eigenvalue weighted by molar-refractivity contribution is 5.83. The quantitative estimate of drug-likeness (QED) is 0.642. The molecule has 0 bridgehead atoms. The van der Waals surface area contributed by atoms with Crippen molar-refractivity contribution >= 4 is 0 Å². The number of rotatable bonds is 2. The van der Waals surface area contributed by atoms with Crippen molar-refractivity contribution < 1.29 is 0 Å². The summed E-state index contributed by atoms with van der Waals surface area (Å²) in [7, 11) is 0. The average molecular weight is 230 g/mol. The van der Waals surface area contributed by atoms with E-state index < -0.39 is 0 Å². The van der Waals surface area contributed by atoms with Crippen LogP contribution in [0.2, 0.25) is 0 Å². The molecule has 0 aliphatic heterocycles. The van der Waals surface area contributed by atoms with Crippen LogP contribution in [0.4, 0.5) is 0 Å². The molecule has 0 amide bonds. The van der Waals surface area contributed by atoms with E-state index in [1.807, 2.05) is 36.7 Å². The molecular weight excluding hydrogens is 218 g/mol. The third kappa shape index (κ3) is 2.03. The summed E-state index contributed by atoms with van der Waals surface area (Å²) >= 11 is 0. The summed E-state index contributed by atoms with van der Waals surface area (Å²) in [4.78, 5) is 4.07. The Labute approximate surface area is 107 Å². The maximum atomic E-state index is 4.07. The predicted octanol–water partition coefficient (Wildman–Crippen LogP) is 4.22. The number of nitrogens with zero attached hydrogens (tertiary/aromatic N) is 1. The Morgan fingerprint density at radius 1 is 0.667 bits per heavy atom. The Balaban J connectivity index is 2.18. The first-order chi connectivity index (χ1) is 8.95. The van der Waals surface area contributed by atoms with Crippen LogP contribution < -0.4 is 0 Å². The largest absolute Gasteiger partial charge is 0.265 e. The summed E-state index contributed by atoms with van der Waals surface area (Å²) in [6.45, 7) is 0. The Bertz CT molecular complexity index is 572. The fourth-order valence-electron chi connectivity index (χ4n) is 2.08. The Kier molecular flexibility index (Phi) is 2.89. The van der Waals surface area contributed by atoms with Gasteiger partial charge in [-0.05, 0) is 40.5 Å². The third-order valence-corrected chi connectivity index (χ3v) is 2.95. The number of pyridine rings is 1. The van der Waals surface area contributed by atoms with E-state index in [-0.39, 0.29) is 0 Å². The van der Waals surface area contributed by atoms with Crippen molar-refractivity contribution in [3.63, 3.8) is 0 Å². The van der Waals surface area contributed by atoms with E-state index in [1.165, 1.54) is 22.3 Å². The molecule has 0 saturated carbocycles. The lowest BCUT2D eigenvalue weighted by Gasteiger charge is -2.09. The zero-order chi connectivity index (χ0) is 12.2. The van der Waals surface area contributed by atoms with Crippen molar-refractivity contribution in [1.29, 1.82) is 0 Å². The molecule has 1 nitrogen and oxygen atoms in total. The summed E-state index contributed by atoms with van der Waals surface area (Å²) < 4.78 is 0. The molecule has 1 radical (unpaired) electrons. The molecule has 0 saturated heterocycles. The third-order valence-electron chi connectivity index (χ3n) is 2.95. The van der Waals surface area contributed by atoms with Gasteiger partial charge in [0.1, 0.15) is 0 Å². The molecule has 0 aliphatic rings. The maximum Gasteiger partial charge on any atom is 0.0273 e. The molecule has 3 aromatic rings. The lowest BCUT2D eigenvalue weighted by Crippen LogP contribution is -1.84. The number of benzene rings is 2. The number of hydrogen-bond acceptors (Lipinski definition) is 1. The van der Waals surface area contributed by atoms with E-state index >= 15 is 0 Å². The van der Waals surface area contributed by atoms with Crippen molar-refractivity contribution in [1.82, 2.24) is 4.98 Å². The molecular formula is C17H12N. The topological polar surface area (TPSA) is 12.9 Å². The second-order valence-corrected chi connectivity index (χ2v) is 4.07. The lowest BCUT2D eigenvalue weighted by atomic mass is 9.95. The highest BCUT2D eigenvalue weighted by Gasteiger charge is 2.05. The summed E-state index contributed by atoms with van der Waals surface area (Å²) in [5, 5.41) is 0. The minimum Gasteiger partial charge on any atom is -0.265 e. The molecule has 3 rings (SSSR count). The van der Waals surface area contributed by atoms with Crippen LogP contribution in [0.3, 0.4) is 0 Å². The van der Waals surface area contributed by atoms with Gasteiger partial charge in [-0.2, -0.15) is 0 Å². The van der Waals surface area contributed by atoms with Crippen molar-refractivity contribution in [2.45, 2.75) is 0 Å². The van der Waals surface area contributed by atoms with E-state index in [9.17, 15) is 0 Å². The molecule has 18 heavy (non-hydrogen) atoms. The molecule has 0 fully saturated rings. The normalized spacial score (nSPS) is 10.2. The highest BCUT2D eigenvalue weighted by Crippen LogP contribution is 2.31. The van der Waals surface area contributed by atoms with Gasteiger partial charge in [0, 0.05) is 12.4 Å². The average Bonchev–Trinajstić information content (AvgIpc) is 2.49. The van der Waals surface area contributed by atoms with E-state index in [0.717, 1.165) is 0 Å². The molecule has 0 unspecified atom stereocenters. The smallest absolute Gasteiger partial charge is 0.0273 e. The van der Waals surface area contributed by atoms with E-state index in [1.54, 1.807) is 0 Å². The van der Waals surface area contributed by atoms with Gasteiger partial charge in [-0.1, -0.05) is 48.5 Å². The fourth-order valence-corrected chi connectivity index (χ4v) is 2.08. The van der Waals surface area contributed by atoms with Gasteiger partial charge in [-0.25, -0.2) is 0 Å². The highest BCUT2D eigenvalue weighted by atomic mass is 14.6.